The van der Waals surface area contributed by atoms with Crippen LogP contribution in [0.2, 0.25) is 0 Å². The predicted octanol–water partition coefficient (Wildman–Crippen LogP) is 1.46. The first-order valence-corrected chi connectivity index (χ1v) is 5.54. The van der Waals surface area contributed by atoms with Gasteiger partial charge in [-0.2, -0.15) is 4.98 Å². The number of nitrogens with zero attached hydrogens (tertiary/aromatic N) is 3. The van der Waals surface area contributed by atoms with Gasteiger partial charge in [-0.25, -0.2) is 0 Å². The largest absolute Gasteiger partial charge is 0.497 e. The van der Waals surface area contributed by atoms with Crippen LogP contribution in [-0.2, 0) is 6.61 Å². The molecule has 0 amide bonds. The molecule has 1 aromatic carbocycles. The van der Waals surface area contributed by atoms with Gasteiger partial charge in [0.2, 0.25) is 5.95 Å². The minimum Gasteiger partial charge on any atom is -0.497 e. The van der Waals surface area contributed by atoms with Crippen LogP contribution in [0, 0.1) is 0 Å². The molecule has 0 bridgehead atoms. The predicted molar refractivity (Wildman–Crippen MR) is 68.0 cm³/mol. The van der Waals surface area contributed by atoms with Gasteiger partial charge in [-0.05, 0) is 24.3 Å². The molecule has 0 unspecified atom stereocenters. The van der Waals surface area contributed by atoms with E-state index in [0.29, 0.717) is 18.4 Å². The molecule has 0 atom stereocenters. The van der Waals surface area contributed by atoms with Gasteiger partial charge < -0.3 is 14.4 Å². The lowest BCUT2D eigenvalue weighted by Crippen LogP contribution is -2.10. The van der Waals surface area contributed by atoms with Crippen LogP contribution in [0.5, 0.6) is 11.5 Å². The fraction of sp³-hybridized carbons (Fsp3) is 0.333. The van der Waals surface area contributed by atoms with Gasteiger partial charge in [-0.15, -0.1) is 5.10 Å². The summed E-state index contributed by atoms with van der Waals surface area (Å²) in [6, 6.07) is 7.39. The van der Waals surface area contributed by atoms with E-state index in [4.69, 9.17) is 9.47 Å². The first-order valence-electron chi connectivity index (χ1n) is 5.54. The highest BCUT2D eigenvalue weighted by Crippen LogP contribution is 2.17. The normalized spacial score (nSPS) is 10.2. The SMILES string of the molecule is COc1ccc(OCc2nc(N(C)C)n[nH]2)cc1. The Kier molecular flexibility index (Phi) is 3.66. The van der Waals surface area contributed by atoms with Crippen molar-refractivity contribution in [1.29, 1.82) is 0 Å². The Bertz CT molecular complexity index is 493. The van der Waals surface area contributed by atoms with E-state index in [-0.39, 0.29) is 0 Å². The summed E-state index contributed by atoms with van der Waals surface area (Å²) in [6.07, 6.45) is 0. The third kappa shape index (κ3) is 2.91. The lowest BCUT2D eigenvalue weighted by molar-refractivity contribution is 0.295. The van der Waals surface area contributed by atoms with Crippen LogP contribution in [-0.4, -0.2) is 36.4 Å². The summed E-state index contributed by atoms with van der Waals surface area (Å²) >= 11 is 0. The standard InChI is InChI=1S/C12H16N4O2/c1-16(2)12-13-11(14-15-12)8-18-10-6-4-9(17-3)5-7-10/h4-7H,8H2,1-3H3,(H,13,14,15). The third-order valence-corrected chi connectivity index (χ3v) is 2.35. The first-order chi connectivity index (χ1) is 8.69. The van der Waals surface area contributed by atoms with E-state index < -0.39 is 0 Å². The second-order valence-electron chi connectivity index (χ2n) is 3.94. The maximum atomic E-state index is 5.58. The molecule has 1 aromatic heterocycles. The van der Waals surface area contributed by atoms with E-state index >= 15 is 0 Å². The number of methoxy groups -OCH3 is 1. The number of rotatable bonds is 5. The summed E-state index contributed by atoms with van der Waals surface area (Å²) in [7, 11) is 5.40. The van der Waals surface area contributed by atoms with Crippen molar-refractivity contribution in [2.75, 3.05) is 26.1 Å². The third-order valence-electron chi connectivity index (χ3n) is 2.35. The minimum atomic E-state index is 0.354. The molecular formula is C12H16N4O2. The Hall–Kier alpha value is -2.24. The number of nitrogens with one attached hydrogen (secondary N) is 1. The van der Waals surface area contributed by atoms with E-state index in [1.807, 2.05) is 43.3 Å². The fourth-order valence-corrected chi connectivity index (χ4v) is 1.37. The number of aromatic amines is 1. The average Bonchev–Trinajstić information content (AvgIpc) is 2.86. The van der Waals surface area contributed by atoms with Gasteiger partial charge in [0, 0.05) is 14.1 Å². The zero-order valence-corrected chi connectivity index (χ0v) is 10.7. The van der Waals surface area contributed by atoms with Crippen LogP contribution in [0.1, 0.15) is 5.82 Å². The number of benzene rings is 1. The average molecular weight is 248 g/mol. The molecule has 0 saturated heterocycles. The number of hydrogen-bond acceptors (Lipinski definition) is 5. The number of hydrogen-bond donors (Lipinski definition) is 1. The van der Waals surface area contributed by atoms with Gasteiger partial charge in [0.1, 0.15) is 18.1 Å². The first kappa shape index (κ1) is 12.2. The molecule has 6 nitrogen and oxygen atoms in total. The van der Waals surface area contributed by atoms with Gasteiger partial charge in [-0.3, -0.25) is 5.10 Å². The number of aromatic nitrogens is 3. The van der Waals surface area contributed by atoms with Gasteiger partial charge in [0.25, 0.3) is 0 Å². The summed E-state index contributed by atoms with van der Waals surface area (Å²) in [6.45, 7) is 0.354. The van der Waals surface area contributed by atoms with E-state index in [1.54, 1.807) is 7.11 Å². The molecule has 1 N–H and O–H groups in total. The molecule has 0 fully saturated rings. The summed E-state index contributed by atoms with van der Waals surface area (Å²) in [5, 5.41) is 6.87. The smallest absolute Gasteiger partial charge is 0.244 e. The zero-order valence-electron chi connectivity index (χ0n) is 10.7. The van der Waals surface area contributed by atoms with Crippen LogP contribution < -0.4 is 14.4 Å². The fourth-order valence-electron chi connectivity index (χ4n) is 1.37. The second-order valence-corrected chi connectivity index (χ2v) is 3.94. The van der Waals surface area contributed by atoms with Crippen molar-refractivity contribution in [2.45, 2.75) is 6.61 Å². The maximum absolute atomic E-state index is 5.58. The van der Waals surface area contributed by atoms with Gasteiger partial charge in [-0.1, -0.05) is 0 Å². The van der Waals surface area contributed by atoms with Crippen molar-refractivity contribution in [3.63, 3.8) is 0 Å². The van der Waals surface area contributed by atoms with Gasteiger partial charge in [0.15, 0.2) is 5.82 Å². The van der Waals surface area contributed by atoms with Gasteiger partial charge in [0.05, 0.1) is 7.11 Å². The number of anilines is 1. The van der Waals surface area contributed by atoms with Crippen molar-refractivity contribution >= 4 is 5.95 Å². The van der Waals surface area contributed by atoms with Crippen LogP contribution in [0.15, 0.2) is 24.3 Å². The molecule has 18 heavy (non-hydrogen) atoms. The number of ether oxygens (including phenoxy) is 2. The molecule has 2 aromatic rings. The Balaban J connectivity index is 1.93. The Morgan fingerprint density at radius 3 is 2.39 bits per heavy atom. The van der Waals surface area contributed by atoms with Crippen molar-refractivity contribution in [2.24, 2.45) is 0 Å². The summed E-state index contributed by atoms with van der Waals surface area (Å²) < 4.78 is 10.6. The van der Waals surface area contributed by atoms with Gasteiger partial charge >= 0.3 is 0 Å². The van der Waals surface area contributed by atoms with Crippen LogP contribution in [0.3, 0.4) is 0 Å². The van der Waals surface area contributed by atoms with Crippen LogP contribution in [0.25, 0.3) is 0 Å². The molecule has 0 spiro atoms. The second kappa shape index (κ2) is 5.39. The highest BCUT2D eigenvalue weighted by Gasteiger charge is 2.05. The molecule has 96 valence electrons. The molecule has 0 saturated carbocycles. The molecule has 2 rings (SSSR count). The Labute approximate surface area is 106 Å². The van der Waals surface area contributed by atoms with E-state index in [0.717, 1.165) is 11.5 Å². The van der Waals surface area contributed by atoms with Crippen LogP contribution >= 0.6 is 0 Å². The molecule has 6 heteroatoms. The number of H-pyrrole nitrogens is 1. The zero-order chi connectivity index (χ0) is 13.0. The van der Waals surface area contributed by atoms with E-state index in [9.17, 15) is 0 Å². The highest BCUT2D eigenvalue weighted by molar-refractivity contribution is 5.31. The lowest BCUT2D eigenvalue weighted by atomic mass is 10.3. The summed E-state index contributed by atoms with van der Waals surface area (Å²) in [5.74, 6) is 2.90. The molecule has 0 aliphatic carbocycles. The van der Waals surface area contributed by atoms with Crippen molar-refractivity contribution in [1.82, 2.24) is 15.2 Å². The Morgan fingerprint density at radius 1 is 1.17 bits per heavy atom. The van der Waals surface area contributed by atoms with E-state index in [1.165, 1.54) is 0 Å². The summed E-state index contributed by atoms with van der Waals surface area (Å²) in [4.78, 5) is 6.09. The summed E-state index contributed by atoms with van der Waals surface area (Å²) in [5.41, 5.74) is 0. The van der Waals surface area contributed by atoms with Crippen molar-refractivity contribution in [3.8, 4) is 11.5 Å². The minimum absolute atomic E-state index is 0.354. The van der Waals surface area contributed by atoms with Crippen LogP contribution in [0.4, 0.5) is 5.95 Å². The van der Waals surface area contributed by atoms with E-state index in [2.05, 4.69) is 15.2 Å². The molecule has 0 aliphatic rings. The quantitative estimate of drug-likeness (QED) is 0.867. The highest BCUT2D eigenvalue weighted by atomic mass is 16.5. The maximum Gasteiger partial charge on any atom is 0.244 e. The molecule has 1 heterocycles. The lowest BCUT2D eigenvalue weighted by Gasteiger charge is -2.05. The monoisotopic (exact) mass is 248 g/mol. The topological polar surface area (TPSA) is 63.3 Å². The molecule has 0 radical (unpaired) electrons. The Morgan fingerprint density at radius 2 is 1.83 bits per heavy atom. The molecule has 0 aliphatic heterocycles. The van der Waals surface area contributed by atoms with Crippen molar-refractivity contribution < 1.29 is 9.47 Å². The van der Waals surface area contributed by atoms with Crippen molar-refractivity contribution in [3.05, 3.63) is 30.1 Å². The molecular weight excluding hydrogens is 232 g/mol.